The summed E-state index contributed by atoms with van der Waals surface area (Å²) in [5.41, 5.74) is 0. The second kappa shape index (κ2) is 9.02. The van der Waals surface area contributed by atoms with E-state index in [0.29, 0.717) is 24.3 Å². The molecule has 1 unspecified atom stereocenters. The monoisotopic (exact) mass is 404 g/mol. The number of thioether (sulfide) groups is 1. The average molecular weight is 405 g/mol. The van der Waals surface area contributed by atoms with Crippen molar-refractivity contribution in [1.82, 2.24) is 4.72 Å². The van der Waals surface area contributed by atoms with Crippen molar-refractivity contribution in [2.75, 3.05) is 18.1 Å². The molecule has 0 radical (unpaired) electrons. The van der Waals surface area contributed by atoms with E-state index < -0.39 is 26.8 Å². The smallest absolute Gasteiger partial charge is 0.325 e. The standard InChI is InChI=1S/C15H20N2O5S3/c1-2-22-14(18)13(15(24-17-19)8-10-23-11-9-15)16-25(20,21)12-6-4-3-5-7-12/h3-7,13,16H,2,8-11H2,1H3. The van der Waals surface area contributed by atoms with E-state index in [1.165, 1.54) is 12.1 Å². The number of esters is 1. The van der Waals surface area contributed by atoms with E-state index in [2.05, 4.69) is 9.30 Å². The van der Waals surface area contributed by atoms with E-state index in [9.17, 15) is 18.1 Å². The summed E-state index contributed by atoms with van der Waals surface area (Å²) in [4.78, 5) is 23.5. The van der Waals surface area contributed by atoms with Gasteiger partial charge in [-0.1, -0.05) is 18.2 Å². The number of benzene rings is 1. The van der Waals surface area contributed by atoms with Crippen LogP contribution in [0.15, 0.2) is 39.8 Å². The zero-order chi connectivity index (χ0) is 18.3. The minimum absolute atomic E-state index is 0.0497. The zero-order valence-electron chi connectivity index (χ0n) is 13.7. The fraction of sp³-hybridized carbons (Fsp3) is 0.533. The number of ether oxygens (including phenoxy) is 1. The molecular weight excluding hydrogens is 384 g/mol. The number of hydrogen-bond donors (Lipinski definition) is 1. The number of rotatable bonds is 8. The van der Waals surface area contributed by atoms with Crippen molar-refractivity contribution in [2.45, 2.75) is 35.4 Å². The Balaban J connectivity index is 2.38. The van der Waals surface area contributed by atoms with Crippen molar-refractivity contribution in [3.63, 3.8) is 0 Å². The maximum Gasteiger partial charge on any atom is 0.325 e. The fourth-order valence-corrected chi connectivity index (χ4v) is 6.28. The van der Waals surface area contributed by atoms with E-state index in [1.54, 1.807) is 36.9 Å². The van der Waals surface area contributed by atoms with Gasteiger partial charge in [-0.05, 0) is 43.4 Å². The molecule has 1 fully saturated rings. The highest BCUT2D eigenvalue weighted by atomic mass is 32.2. The molecule has 10 heteroatoms. The minimum Gasteiger partial charge on any atom is -0.465 e. The number of nitrogens with zero attached hydrogens (tertiary/aromatic N) is 1. The molecule has 0 aromatic heterocycles. The molecule has 1 aromatic rings. The summed E-state index contributed by atoms with van der Waals surface area (Å²) in [7, 11) is -3.94. The molecule has 7 nitrogen and oxygen atoms in total. The maximum absolute atomic E-state index is 12.7. The third-order valence-electron chi connectivity index (χ3n) is 3.93. The van der Waals surface area contributed by atoms with Gasteiger partial charge in [-0.25, -0.2) is 8.42 Å². The summed E-state index contributed by atoms with van der Waals surface area (Å²) >= 11 is 2.42. The van der Waals surface area contributed by atoms with Gasteiger partial charge >= 0.3 is 5.97 Å². The molecule has 1 saturated heterocycles. The molecule has 0 bridgehead atoms. The molecule has 0 saturated carbocycles. The number of carbonyl (C=O) groups excluding carboxylic acids is 1. The number of carbonyl (C=O) groups is 1. The molecule has 1 aliphatic heterocycles. The van der Waals surface area contributed by atoms with Gasteiger partial charge in [0.15, 0.2) is 0 Å². The van der Waals surface area contributed by atoms with Crippen LogP contribution in [0.25, 0.3) is 0 Å². The first-order valence-corrected chi connectivity index (χ1v) is 11.2. The van der Waals surface area contributed by atoms with Crippen LogP contribution in [0.5, 0.6) is 0 Å². The van der Waals surface area contributed by atoms with Gasteiger partial charge in [-0.3, -0.25) is 4.79 Å². The van der Waals surface area contributed by atoms with Crippen LogP contribution in [-0.4, -0.2) is 43.3 Å². The van der Waals surface area contributed by atoms with Gasteiger partial charge in [-0.2, -0.15) is 16.5 Å². The van der Waals surface area contributed by atoms with E-state index >= 15 is 0 Å². The number of hydrogen-bond acceptors (Lipinski definition) is 8. The van der Waals surface area contributed by atoms with Crippen LogP contribution in [0.3, 0.4) is 0 Å². The predicted octanol–water partition coefficient (Wildman–Crippen LogP) is 2.58. The van der Waals surface area contributed by atoms with Gasteiger partial charge in [-0.15, -0.1) is 4.91 Å². The summed E-state index contributed by atoms with van der Waals surface area (Å²) in [6.45, 7) is 1.77. The first-order chi connectivity index (χ1) is 11.9. The van der Waals surface area contributed by atoms with Crippen LogP contribution in [-0.2, 0) is 19.6 Å². The molecule has 1 N–H and O–H groups in total. The second-order valence-electron chi connectivity index (χ2n) is 5.46. The Kier molecular flexibility index (Phi) is 7.29. The summed E-state index contributed by atoms with van der Waals surface area (Å²) in [5, 5.41) is 0. The Labute approximate surface area is 155 Å². The van der Waals surface area contributed by atoms with Crippen molar-refractivity contribution in [3.8, 4) is 0 Å². The molecule has 1 aliphatic rings. The van der Waals surface area contributed by atoms with Gasteiger partial charge in [0.2, 0.25) is 10.0 Å². The molecule has 0 aliphatic carbocycles. The lowest BCUT2D eigenvalue weighted by atomic mass is 9.93. The van der Waals surface area contributed by atoms with E-state index in [0.717, 1.165) is 11.9 Å². The topological polar surface area (TPSA) is 102 Å². The van der Waals surface area contributed by atoms with Gasteiger partial charge < -0.3 is 4.74 Å². The number of sulfonamides is 1. The van der Waals surface area contributed by atoms with Crippen LogP contribution in [0.4, 0.5) is 0 Å². The first kappa shape index (κ1) is 20.2. The highest BCUT2D eigenvalue weighted by molar-refractivity contribution is 8.01. The summed E-state index contributed by atoms with van der Waals surface area (Å²) in [6, 6.07) is 6.61. The summed E-state index contributed by atoms with van der Waals surface area (Å²) in [5.74, 6) is 0.738. The lowest BCUT2D eigenvalue weighted by Gasteiger charge is -2.38. The SMILES string of the molecule is CCOC(=O)C(NS(=O)(=O)c1ccccc1)C1(SN=O)CCSCC1. The van der Waals surface area contributed by atoms with Crippen LogP contribution in [0.1, 0.15) is 19.8 Å². The number of nitrogens with one attached hydrogen (secondary N) is 1. The average Bonchev–Trinajstić information content (AvgIpc) is 2.62. The van der Waals surface area contributed by atoms with Gasteiger partial charge in [0.25, 0.3) is 0 Å². The molecular formula is C15H20N2O5S3. The lowest BCUT2D eigenvalue weighted by Crippen LogP contribution is -2.57. The molecule has 25 heavy (non-hydrogen) atoms. The maximum atomic E-state index is 12.7. The highest BCUT2D eigenvalue weighted by Crippen LogP contribution is 2.43. The Morgan fingerprint density at radius 2 is 2.00 bits per heavy atom. The predicted molar refractivity (Wildman–Crippen MR) is 99.9 cm³/mol. The largest absolute Gasteiger partial charge is 0.465 e. The van der Waals surface area contributed by atoms with Gasteiger partial charge in [0.05, 0.1) is 16.2 Å². The summed E-state index contributed by atoms with van der Waals surface area (Å²) in [6.07, 6.45) is 0.962. The Morgan fingerprint density at radius 1 is 1.36 bits per heavy atom. The quantitative estimate of drug-likeness (QED) is 0.403. The molecule has 1 atom stereocenters. The van der Waals surface area contributed by atoms with E-state index in [4.69, 9.17) is 4.74 Å². The van der Waals surface area contributed by atoms with Crippen LogP contribution >= 0.6 is 23.7 Å². The molecule has 2 rings (SSSR count). The minimum atomic E-state index is -3.94. The summed E-state index contributed by atoms with van der Waals surface area (Å²) < 4.78 is 34.9. The number of nitroso groups, excluding NO2 is 1. The van der Waals surface area contributed by atoms with Crippen molar-refractivity contribution in [2.24, 2.45) is 4.58 Å². The Morgan fingerprint density at radius 3 is 2.56 bits per heavy atom. The van der Waals surface area contributed by atoms with Crippen molar-refractivity contribution < 1.29 is 17.9 Å². The van der Waals surface area contributed by atoms with Crippen LogP contribution < -0.4 is 4.72 Å². The van der Waals surface area contributed by atoms with Gasteiger partial charge in [0, 0.05) is 16.5 Å². The molecule has 0 spiro atoms. The first-order valence-electron chi connectivity index (χ1n) is 7.78. The highest BCUT2D eigenvalue weighted by Gasteiger charge is 2.48. The van der Waals surface area contributed by atoms with Crippen molar-refractivity contribution in [1.29, 1.82) is 0 Å². The Bertz CT molecular complexity index is 690. The molecule has 0 amide bonds. The van der Waals surface area contributed by atoms with Crippen molar-refractivity contribution in [3.05, 3.63) is 35.2 Å². The van der Waals surface area contributed by atoms with Crippen LogP contribution in [0.2, 0.25) is 0 Å². The zero-order valence-corrected chi connectivity index (χ0v) is 16.2. The third-order valence-corrected chi connectivity index (χ3v) is 7.44. The molecule has 1 aromatic carbocycles. The second-order valence-corrected chi connectivity index (χ2v) is 9.55. The van der Waals surface area contributed by atoms with E-state index in [1.807, 2.05) is 0 Å². The van der Waals surface area contributed by atoms with Gasteiger partial charge in [0.1, 0.15) is 6.04 Å². The lowest BCUT2D eigenvalue weighted by molar-refractivity contribution is -0.146. The Hall–Kier alpha value is -1.10. The fourth-order valence-electron chi connectivity index (χ4n) is 2.64. The van der Waals surface area contributed by atoms with E-state index in [-0.39, 0.29) is 11.5 Å². The van der Waals surface area contributed by atoms with Crippen molar-refractivity contribution >= 4 is 39.7 Å². The normalized spacial score (nSPS) is 18.3. The third kappa shape index (κ3) is 4.96. The molecule has 138 valence electrons. The molecule has 1 heterocycles. The van der Waals surface area contributed by atoms with Crippen LogP contribution in [0, 0.1) is 4.91 Å².